The summed E-state index contributed by atoms with van der Waals surface area (Å²) in [7, 11) is 1.85. The van der Waals surface area contributed by atoms with Crippen LogP contribution in [-0.2, 0) is 4.79 Å². The van der Waals surface area contributed by atoms with Crippen molar-refractivity contribution in [3.8, 4) is 0 Å². The van der Waals surface area contributed by atoms with E-state index in [1.54, 1.807) is 18.6 Å². The fourth-order valence-corrected chi connectivity index (χ4v) is 2.83. The molecule has 8 heteroatoms. The molecule has 1 saturated heterocycles. The summed E-state index contributed by atoms with van der Waals surface area (Å²) in [6.45, 7) is 3.70. The van der Waals surface area contributed by atoms with Gasteiger partial charge in [-0.15, -0.1) is 5.10 Å². The maximum atomic E-state index is 12.5. The molecule has 2 aromatic heterocycles. The molecule has 0 saturated carbocycles. The molecule has 0 bridgehead atoms. The Balaban J connectivity index is 1.46. The first-order valence-corrected chi connectivity index (χ1v) is 8.43. The molecule has 1 fully saturated rings. The van der Waals surface area contributed by atoms with Gasteiger partial charge in [-0.1, -0.05) is 0 Å². The minimum atomic E-state index is 0.113. The highest BCUT2D eigenvalue weighted by Crippen LogP contribution is 2.16. The Kier molecular flexibility index (Phi) is 5.37. The predicted octanol–water partition coefficient (Wildman–Crippen LogP) is 1.11. The summed E-state index contributed by atoms with van der Waals surface area (Å²) < 4.78 is 0. The molecule has 3 heterocycles. The van der Waals surface area contributed by atoms with Crippen LogP contribution in [0.25, 0.3) is 0 Å². The van der Waals surface area contributed by atoms with Gasteiger partial charge >= 0.3 is 0 Å². The second-order valence-electron chi connectivity index (χ2n) is 6.28. The second kappa shape index (κ2) is 7.87. The van der Waals surface area contributed by atoms with Gasteiger partial charge in [0.2, 0.25) is 5.91 Å². The third kappa shape index (κ3) is 4.62. The largest absolute Gasteiger partial charge is 0.366 e. The lowest BCUT2D eigenvalue weighted by molar-refractivity contribution is -0.130. The van der Waals surface area contributed by atoms with Gasteiger partial charge in [-0.05, 0) is 31.9 Å². The molecule has 8 nitrogen and oxygen atoms in total. The molecule has 3 rings (SSSR count). The first kappa shape index (κ1) is 17.1. The molecule has 25 heavy (non-hydrogen) atoms. The van der Waals surface area contributed by atoms with E-state index in [-0.39, 0.29) is 5.91 Å². The highest BCUT2D eigenvalue weighted by Gasteiger charge is 2.23. The molecule has 132 valence electrons. The zero-order chi connectivity index (χ0) is 17.6. The number of rotatable bonds is 5. The summed E-state index contributed by atoms with van der Waals surface area (Å²) >= 11 is 0. The van der Waals surface area contributed by atoms with Crippen LogP contribution in [0.4, 0.5) is 11.6 Å². The van der Waals surface area contributed by atoms with Gasteiger partial charge in [0.05, 0.1) is 18.4 Å². The number of nitrogens with zero attached hydrogens (tertiary/aromatic N) is 6. The summed E-state index contributed by atoms with van der Waals surface area (Å²) in [5, 5.41) is 11.6. The van der Waals surface area contributed by atoms with Crippen molar-refractivity contribution in [2.24, 2.45) is 0 Å². The highest BCUT2D eigenvalue weighted by atomic mass is 16.2. The summed E-state index contributed by atoms with van der Waals surface area (Å²) in [6.07, 6.45) is 6.70. The summed E-state index contributed by atoms with van der Waals surface area (Å²) in [5.74, 6) is 1.60. The van der Waals surface area contributed by atoms with Crippen LogP contribution in [0.5, 0.6) is 0 Å². The first-order chi connectivity index (χ1) is 12.1. The van der Waals surface area contributed by atoms with E-state index in [0.29, 0.717) is 18.4 Å². The van der Waals surface area contributed by atoms with Gasteiger partial charge in [-0.2, -0.15) is 5.10 Å². The third-order valence-corrected chi connectivity index (χ3v) is 4.31. The van der Waals surface area contributed by atoms with Crippen LogP contribution in [0.15, 0.2) is 30.7 Å². The van der Waals surface area contributed by atoms with E-state index in [0.717, 1.165) is 37.4 Å². The molecule has 1 aliphatic rings. The smallest absolute Gasteiger partial charge is 0.242 e. The molecule has 1 N–H and O–H groups in total. The van der Waals surface area contributed by atoms with E-state index in [4.69, 9.17) is 0 Å². The Hall–Kier alpha value is -2.77. The Morgan fingerprint density at radius 3 is 2.72 bits per heavy atom. The third-order valence-electron chi connectivity index (χ3n) is 4.31. The molecule has 0 radical (unpaired) electrons. The molecular weight excluding hydrogens is 318 g/mol. The minimum absolute atomic E-state index is 0.113. The first-order valence-electron chi connectivity index (χ1n) is 8.43. The molecule has 0 atom stereocenters. The van der Waals surface area contributed by atoms with Gasteiger partial charge in [-0.25, -0.2) is 4.98 Å². The molecule has 1 aliphatic heterocycles. The highest BCUT2D eigenvalue weighted by molar-refractivity contribution is 5.81. The van der Waals surface area contributed by atoms with E-state index in [1.165, 1.54) is 0 Å². The van der Waals surface area contributed by atoms with Crippen molar-refractivity contribution in [2.45, 2.75) is 25.8 Å². The topological polar surface area (TPSA) is 87.1 Å². The molecule has 2 aromatic rings. The number of hydrogen-bond acceptors (Lipinski definition) is 7. The Morgan fingerprint density at radius 2 is 2.08 bits per heavy atom. The van der Waals surface area contributed by atoms with E-state index < -0.39 is 0 Å². The van der Waals surface area contributed by atoms with E-state index in [2.05, 4.69) is 25.5 Å². The average molecular weight is 341 g/mol. The van der Waals surface area contributed by atoms with Crippen LogP contribution in [0.3, 0.4) is 0 Å². The molecule has 0 spiro atoms. The number of piperidine rings is 1. The van der Waals surface area contributed by atoms with Crippen molar-refractivity contribution in [1.29, 1.82) is 0 Å². The maximum absolute atomic E-state index is 12.5. The van der Waals surface area contributed by atoms with Crippen LogP contribution in [0.2, 0.25) is 0 Å². The number of hydrogen-bond donors (Lipinski definition) is 1. The van der Waals surface area contributed by atoms with Crippen molar-refractivity contribution in [1.82, 2.24) is 25.1 Å². The van der Waals surface area contributed by atoms with Gasteiger partial charge < -0.3 is 15.1 Å². The minimum Gasteiger partial charge on any atom is -0.366 e. The number of carbonyl (C=O) groups excluding carboxylic acids is 1. The number of anilines is 2. The molecule has 0 aliphatic carbocycles. The van der Waals surface area contributed by atoms with Gasteiger partial charge in [0.15, 0.2) is 0 Å². The number of likely N-dealkylation sites (N-methyl/N-ethyl adjacent to an activating group) is 1. The van der Waals surface area contributed by atoms with Crippen molar-refractivity contribution in [3.63, 3.8) is 0 Å². The molecular formula is C17H23N7O. The Labute approximate surface area is 147 Å². The van der Waals surface area contributed by atoms with Gasteiger partial charge in [0, 0.05) is 38.6 Å². The SMILES string of the molecule is Cc1ccc(NC2CCN(C(=O)CN(C)c3cnccn3)CC2)nn1. The normalized spacial score (nSPS) is 15.0. The zero-order valence-corrected chi connectivity index (χ0v) is 14.6. The summed E-state index contributed by atoms with van der Waals surface area (Å²) in [4.78, 5) is 24.5. The van der Waals surface area contributed by atoms with Crippen LogP contribution in [0.1, 0.15) is 18.5 Å². The lowest BCUT2D eigenvalue weighted by Gasteiger charge is -2.33. The van der Waals surface area contributed by atoms with Crippen LogP contribution >= 0.6 is 0 Å². The zero-order valence-electron chi connectivity index (χ0n) is 14.6. The number of nitrogens with one attached hydrogen (secondary N) is 1. The average Bonchev–Trinajstić information content (AvgIpc) is 2.65. The number of likely N-dealkylation sites (tertiary alicyclic amines) is 1. The molecule has 0 unspecified atom stereocenters. The van der Waals surface area contributed by atoms with E-state index in [9.17, 15) is 4.79 Å². The lowest BCUT2D eigenvalue weighted by atomic mass is 10.0. The number of aromatic nitrogens is 4. The van der Waals surface area contributed by atoms with Gasteiger partial charge in [0.25, 0.3) is 0 Å². The second-order valence-corrected chi connectivity index (χ2v) is 6.28. The van der Waals surface area contributed by atoms with Crippen molar-refractivity contribution in [2.75, 3.05) is 36.9 Å². The maximum Gasteiger partial charge on any atom is 0.242 e. The lowest BCUT2D eigenvalue weighted by Crippen LogP contribution is -2.46. The fraction of sp³-hybridized carbons (Fsp3) is 0.471. The summed E-state index contributed by atoms with van der Waals surface area (Å²) in [5.41, 5.74) is 0.901. The van der Waals surface area contributed by atoms with Crippen LogP contribution in [-0.4, -0.2) is 63.7 Å². The number of amides is 1. The molecule has 0 aromatic carbocycles. The van der Waals surface area contributed by atoms with E-state index >= 15 is 0 Å². The van der Waals surface area contributed by atoms with Gasteiger partial charge in [-0.3, -0.25) is 9.78 Å². The number of carbonyl (C=O) groups is 1. The van der Waals surface area contributed by atoms with Gasteiger partial charge in [0.1, 0.15) is 11.6 Å². The van der Waals surface area contributed by atoms with Crippen LogP contribution in [0, 0.1) is 6.92 Å². The standard InChI is InChI=1S/C17H23N7O/c1-13-3-4-15(22-21-13)20-14-5-9-24(10-6-14)17(25)12-23(2)16-11-18-7-8-19-16/h3-4,7-8,11,14H,5-6,9-10,12H2,1-2H3,(H,20,22). The Bertz CT molecular complexity index is 684. The Morgan fingerprint density at radius 1 is 1.28 bits per heavy atom. The van der Waals surface area contributed by atoms with Crippen molar-refractivity contribution >= 4 is 17.5 Å². The quantitative estimate of drug-likeness (QED) is 0.872. The van der Waals surface area contributed by atoms with Crippen molar-refractivity contribution in [3.05, 3.63) is 36.4 Å². The molecule has 1 amide bonds. The van der Waals surface area contributed by atoms with Crippen LogP contribution < -0.4 is 10.2 Å². The monoisotopic (exact) mass is 341 g/mol. The predicted molar refractivity (Wildman–Crippen MR) is 95.3 cm³/mol. The van der Waals surface area contributed by atoms with Crippen molar-refractivity contribution < 1.29 is 4.79 Å². The van der Waals surface area contributed by atoms with E-state index in [1.807, 2.05) is 35.9 Å². The summed E-state index contributed by atoms with van der Waals surface area (Å²) in [6, 6.07) is 4.20. The number of aryl methyl sites for hydroxylation is 1. The fourth-order valence-electron chi connectivity index (χ4n) is 2.83.